The molecule has 1 atom stereocenters. The molecule has 0 fully saturated rings. The summed E-state index contributed by atoms with van der Waals surface area (Å²) in [5.74, 6) is 0. The van der Waals surface area contributed by atoms with Crippen LogP contribution in [0, 0.1) is 11.3 Å². The van der Waals surface area contributed by atoms with Crippen molar-refractivity contribution in [2.45, 2.75) is 13.0 Å². The Kier molecular flexibility index (Phi) is 3.08. The van der Waals surface area contributed by atoms with E-state index in [2.05, 4.69) is 5.32 Å². The van der Waals surface area contributed by atoms with E-state index in [4.69, 9.17) is 10.4 Å². The highest BCUT2D eigenvalue weighted by molar-refractivity contribution is 5.65. The average Bonchev–Trinajstić information content (AvgIpc) is 2.17. The van der Waals surface area contributed by atoms with Crippen molar-refractivity contribution in [1.29, 1.82) is 5.26 Å². The van der Waals surface area contributed by atoms with E-state index in [9.17, 15) is 4.79 Å². The molecule has 72 valence electrons. The van der Waals surface area contributed by atoms with Crippen molar-refractivity contribution in [2.75, 3.05) is 0 Å². The molecule has 0 saturated heterocycles. The summed E-state index contributed by atoms with van der Waals surface area (Å²) in [5.41, 5.74) is 1.41. The lowest BCUT2D eigenvalue weighted by molar-refractivity contribution is 0.191. The second kappa shape index (κ2) is 4.28. The maximum Gasteiger partial charge on any atom is 0.405 e. The lowest BCUT2D eigenvalue weighted by atomic mass is 10.1. The van der Waals surface area contributed by atoms with E-state index >= 15 is 0 Å². The van der Waals surface area contributed by atoms with Gasteiger partial charge in [0.1, 0.15) is 0 Å². The summed E-state index contributed by atoms with van der Waals surface area (Å²) in [6.07, 6.45) is -1.05. The summed E-state index contributed by atoms with van der Waals surface area (Å²) in [4.78, 5) is 10.3. The summed E-state index contributed by atoms with van der Waals surface area (Å²) in [5, 5.41) is 19.4. The second-order valence-electron chi connectivity index (χ2n) is 2.90. The van der Waals surface area contributed by atoms with Crippen LogP contribution in [0.5, 0.6) is 0 Å². The second-order valence-corrected chi connectivity index (χ2v) is 2.90. The smallest absolute Gasteiger partial charge is 0.405 e. The fourth-order valence-electron chi connectivity index (χ4n) is 1.11. The molecule has 1 aromatic rings. The molecule has 4 heteroatoms. The van der Waals surface area contributed by atoms with Crippen LogP contribution < -0.4 is 5.32 Å². The van der Waals surface area contributed by atoms with Crippen LogP contribution in [0.1, 0.15) is 24.1 Å². The Balaban J connectivity index is 2.77. The Labute approximate surface area is 81.8 Å². The normalized spacial score (nSPS) is 11.4. The van der Waals surface area contributed by atoms with Crippen molar-refractivity contribution < 1.29 is 9.90 Å². The molecule has 0 bridgehead atoms. The zero-order valence-corrected chi connectivity index (χ0v) is 7.69. The van der Waals surface area contributed by atoms with Crippen LogP contribution in [-0.4, -0.2) is 11.2 Å². The van der Waals surface area contributed by atoms with Crippen LogP contribution in [0.15, 0.2) is 24.3 Å². The number of hydrogen-bond acceptors (Lipinski definition) is 2. The van der Waals surface area contributed by atoms with Crippen LogP contribution in [0.2, 0.25) is 0 Å². The van der Waals surface area contributed by atoms with Gasteiger partial charge in [0.15, 0.2) is 0 Å². The Morgan fingerprint density at radius 1 is 1.50 bits per heavy atom. The first kappa shape index (κ1) is 10.1. The Morgan fingerprint density at radius 2 is 2.07 bits per heavy atom. The van der Waals surface area contributed by atoms with Gasteiger partial charge in [-0.25, -0.2) is 4.79 Å². The standard InChI is InChI=1S/C10H10N2O2/c1-7(12-10(13)14)9-4-2-8(6-11)3-5-9/h2-5,7,12H,1H3,(H,13,14)/t7-/m1/s1. The number of nitriles is 1. The van der Waals surface area contributed by atoms with Crippen molar-refractivity contribution >= 4 is 6.09 Å². The third kappa shape index (κ3) is 2.49. The van der Waals surface area contributed by atoms with E-state index in [0.717, 1.165) is 5.56 Å². The highest BCUT2D eigenvalue weighted by Gasteiger charge is 2.07. The molecule has 0 unspecified atom stereocenters. The number of amides is 1. The number of nitrogens with zero attached hydrogens (tertiary/aromatic N) is 1. The molecule has 0 radical (unpaired) electrons. The average molecular weight is 190 g/mol. The molecule has 0 aliphatic rings. The van der Waals surface area contributed by atoms with Crippen molar-refractivity contribution in [3.05, 3.63) is 35.4 Å². The SMILES string of the molecule is C[C@@H](NC(=O)O)c1ccc(C#N)cc1. The van der Waals surface area contributed by atoms with Crippen LogP contribution in [0.4, 0.5) is 4.79 Å². The van der Waals surface area contributed by atoms with E-state index in [-0.39, 0.29) is 6.04 Å². The van der Waals surface area contributed by atoms with Gasteiger partial charge in [-0.3, -0.25) is 0 Å². The van der Waals surface area contributed by atoms with E-state index in [1.807, 2.05) is 6.07 Å². The van der Waals surface area contributed by atoms with Gasteiger partial charge in [0.05, 0.1) is 17.7 Å². The molecule has 0 aromatic heterocycles. The predicted octanol–water partition coefficient (Wildman–Crippen LogP) is 1.89. The molecule has 1 amide bonds. The topological polar surface area (TPSA) is 73.1 Å². The fraction of sp³-hybridized carbons (Fsp3) is 0.200. The van der Waals surface area contributed by atoms with Crippen LogP contribution >= 0.6 is 0 Å². The lowest BCUT2D eigenvalue weighted by Gasteiger charge is -2.11. The van der Waals surface area contributed by atoms with Crippen molar-refractivity contribution in [2.24, 2.45) is 0 Å². The Morgan fingerprint density at radius 3 is 2.50 bits per heavy atom. The van der Waals surface area contributed by atoms with Gasteiger partial charge in [0, 0.05) is 0 Å². The van der Waals surface area contributed by atoms with Gasteiger partial charge in [-0.1, -0.05) is 12.1 Å². The minimum atomic E-state index is -1.05. The van der Waals surface area contributed by atoms with Gasteiger partial charge in [0.2, 0.25) is 0 Å². The molecular weight excluding hydrogens is 180 g/mol. The molecule has 14 heavy (non-hydrogen) atoms. The number of nitrogens with one attached hydrogen (secondary N) is 1. The van der Waals surface area contributed by atoms with Crippen LogP contribution in [0.25, 0.3) is 0 Å². The van der Waals surface area contributed by atoms with Gasteiger partial charge in [-0.15, -0.1) is 0 Å². The molecule has 0 spiro atoms. The number of hydrogen-bond donors (Lipinski definition) is 2. The maximum atomic E-state index is 10.3. The summed E-state index contributed by atoms with van der Waals surface area (Å²) >= 11 is 0. The van der Waals surface area contributed by atoms with Gasteiger partial charge >= 0.3 is 6.09 Å². The summed E-state index contributed by atoms with van der Waals surface area (Å²) in [6.45, 7) is 1.75. The zero-order chi connectivity index (χ0) is 10.6. The van der Waals surface area contributed by atoms with E-state index in [0.29, 0.717) is 5.56 Å². The number of rotatable bonds is 2. The Bertz CT molecular complexity index is 365. The monoisotopic (exact) mass is 190 g/mol. The molecule has 0 heterocycles. The maximum absolute atomic E-state index is 10.3. The van der Waals surface area contributed by atoms with Gasteiger partial charge in [0.25, 0.3) is 0 Å². The fourth-order valence-corrected chi connectivity index (χ4v) is 1.11. The third-order valence-electron chi connectivity index (χ3n) is 1.88. The van der Waals surface area contributed by atoms with Crippen molar-refractivity contribution in [3.63, 3.8) is 0 Å². The molecular formula is C10H10N2O2. The number of carboxylic acid groups (broad SMARTS) is 1. The molecule has 1 rings (SSSR count). The summed E-state index contributed by atoms with van der Waals surface area (Å²) in [7, 11) is 0. The summed E-state index contributed by atoms with van der Waals surface area (Å²) < 4.78 is 0. The first-order chi connectivity index (χ1) is 6.63. The number of carbonyl (C=O) groups is 1. The largest absolute Gasteiger partial charge is 0.465 e. The van der Waals surface area contributed by atoms with Gasteiger partial charge in [-0.05, 0) is 24.6 Å². The van der Waals surface area contributed by atoms with E-state index in [1.54, 1.807) is 31.2 Å². The quantitative estimate of drug-likeness (QED) is 0.747. The van der Waals surface area contributed by atoms with Crippen LogP contribution in [0.3, 0.4) is 0 Å². The molecule has 0 saturated carbocycles. The third-order valence-corrected chi connectivity index (χ3v) is 1.88. The molecule has 0 aliphatic carbocycles. The minimum absolute atomic E-state index is 0.264. The van der Waals surface area contributed by atoms with Crippen molar-refractivity contribution in [3.8, 4) is 6.07 Å². The molecule has 4 nitrogen and oxygen atoms in total. The highest BCUT2D eigenvalue weighted by Crippen LogP contribution is 2.12. The van der Waals surface area contributed by atoms with Crippen molar-refractivity contribution in [1.82, 2.24) is 5.32 Å². The highest BCUT2D eigenvalue weighted by atomic mass is 16.4. The Hall–Kier alpha value is -2.02. The minimum Gasteiger partial charge on any atom is -0.465 e. The molecule has 1 aromatic carbocycles. The van der Waals surface area contributed by atoms with Crippen LogP contribution in [-0.2, 0) is 0 Å². The first-order valence-corrected chi connectivity index (χ1v) is 4.13. The number of benzene rings is 1. The molecule has 0 aliphatic heterocycles. The zero-order valence-electron chi connectivity index (χ0n) is 7.69. The lowest BCUT2D eigenvalue weighted by Crippen LogP contribution is -2.24. The van der Waals surface area contributed by atoms with E-state index in [1.165, 1.54) is 0 Å². The summed E-state index contributed by atoms with van der Waals surface area (Å²) in [6, 6.07) is 8.53. The first-order valence-electron chi connectivity index (χ1n) is 4.13. The van der Waals surface area contributed by atoms with Gasteiger partial charge < -0.3 is 10.4 Å². The molecule has 2 N–H and O–H groups in total. The van der Waals surface area contributed by atoms with Gasteiger partial charge in [-0.2, -0.15) is 5.26 Å². The van der Waals surface area contributed by atoms with E-state index < -0.39 is 6.09 Å². The predicted molar refractivity (Wildman–Crippen MR) is 50.7 cm³/mol.